The molecule has 0 fully saturated rings. The third-order valence-corrected chi connectivity index (χ3v) is 8.10. The summed E-state index contributed by atoms with van der Waals surface area (Å²) >= 11 is 0. The van der Waals surface area contributed by atoms with Crippen LogP contribution in [-0.2, 0) is 4.79 Å². The second-order valence-electron chi connectivity index (χ2n) is 12.7. The molecular formula is C41H52O6. The van der Waals surface area contributed by atoms with E-state index in [0.717, 1.165) is 29.7 Å². The van der Waals surface area contributed by atoms with E-state index in [9.17, 15) is 14.7 Å². The first-order valence-electron chi connectivity index (χ1n) is 17.3. The lowest BCUT2D eigenvalue weighted by atomic mass is 9.95. The first-order valence-corrected chi connectivity index (χ1v) is 17.3. The average molecular weight is 641 g/mol. The van der Waals surface area contributed by atoms with Gasteiger partial charge in [0.1, 0.15) is 17.2 Å². The fraction of sp³-hybridized carbons (Fsp3) is 0.463. The molecule has 0 bridgehead atoms. The SMILES string of the molecule is CCCCCCCCCCOc1ccc(OC(=O)c2ccc(C#Cc3ccc(OC(=O)C[C@H](C)CC[C@H](O)C(C)C)cc3)cc2)cc1. The Morgan fingerprint density at radius 3 is 1.77 bits per heavy atom. The molecule has 0 aromatic heterocycles. The van der Waals surface area contributed by atoms with Crippen molar-refractivity contribution < 1.29 is 28.9 Å². The van der Waals surface area contributed by atoms with Gasteiger partial charge in [0.2, 0.25) is 0 Å². The maximum atomic E-state index is 12.7. The van der Waals surface area contributed by atoms with Crippen LogP contribution in [0, 0.1) is 23.7 Å². The zero-order valence-corrected chi connectivity index (χ0v) is 28.6. The van der Waals surface area contributed by atoms with Gasteiger partial charge < -0.3 is 19.3 Å². The van der Waals surface area contributed by atoms with E-state index < -0.39 is 5.97 Å². The molecule has 0 aliphatic heterocycles. The summed E-state index contributed by atoms with van der Waals surface area (Å²) in [6.07, 6.45) is 11.5. The molecule has 2 atom stereocenters. The molecule has 0 radical (unpaired) electrons. The van der Waals surface area contributed by atoms with Crippen molar-refractivity contribution in [3.8, 4) is 29.1 Å². The molecule has 47 heavy (non-hydrogen) atoms. The lowest BCUT2D eigenvalue weighted by molar-refractivity contribution is -0.135. The second-order valence-corrected chi connectivity index (χ2v) is 12.7. The molecule has 0 unspecified atom stereocenters. The molecular weight excluding hydrogens is 588 g/mol. The topological polar surface area (TPSA) is 82.1 Å². The summed E-state index contributed by atoms with van der Waals surface area (Å²) in [4.78, 5) is 25.0. The van der Waals surface area contributed by atoms with Gasteiger partial charge in [-0.15, -0.1) is 0 Å². The van der Waals surface area contributed by atoms with Crippen molar-refractivity contribution in [1.29, 1.82) is 0 Å². The van der Waals surface area contributed by atoms with Gasteiger partial charge in [-0.3, -0.25) is 4.79 Å². The molecule has 3 rings (SSSR count). The lowest BCUT2D eigenvalue weighted by Gasteiger charge is -2.17. The molecule has 0 aliphatic rings. The molecule has 0 aliphatic carbocycles. The van der Waals surface area contributed by atoms with E-state index in [1.807, 2.05) is 32.9 Å². The van der Waals surface area contributed by atoms with Crippen LogP contribution < -0.4 is 14.2 Å². The quantitative estimate of drug-likeness (QED) is 0.0608. The minimum Gasteiger partial charge on any atom is -0.494 e. The molecule has 6 heteroatoms. The van der Waals surface area contributed by atoms with Crippen LogP contribution in [0.1, 0.15) is 120 Å². The molecule has 0 amide bonds. The van der Waals surface area contributed by atoms with Gasteiger partial charge in [-0.05, 0) is 104 Å². The van der Waals surface area contributed by atoms with Gasteiger partial charge >= 0.3 is 11.9 Å². The Kier molecular flexibility index (Phi) is 16.6. The van der Waals surface area contributed by atoms with Gasteiger partial charge in [-0.25, -0.2) is 4.79 Å². The molecule has 0 saturated carbocycles. The first-order chi connectivity index (χ1) is 22.7. The molecule has 3 aromatic rings. The van der Waals surface area contributed by atoms with Crippen molar-refractivity contribution in [1.82, 2.24) is 0 Å². The maximum absolute atomic E-state index is 12.7. The highest BCUT2D eigenvalue weighted by atomic mass is 16.5. The van der Waals surface area contributed by atoms with Gasteiger partial charge in [0.25, 0.3) is 0 Å². The number of rotatable bonds is 19. The number of esters is 2. The summed E-state index contributed by atoms with van der Waals surface area (Å²) < 4.78 is 16.9. The minimum absolute atomic E-state index is 0.134. The van der Waals surface area contributed by atoms with Crippen molar-refractivity contribution in [2.75, 3.05) is 6.61 Å². The smallest absolute Gasteiger partial charge is 0.343 e. The van der Waals surface area contributed by atoms with Crippen molar-refractivity contribution in [2.24, 2.45) is 11.8 Å². The Morgan fingerprint density at radius 1 is 0.660 bits per heavy atom. The van der Waals surface area contributed by atoms with E-state index in [1.54, 1.807) is 60.7 Å². The molecule has 0 saturated heterocycles. The number of carbonyl (C=O) groups is 2. The van der Waals surface area contributed by atoms with Crippen LogP contribution in [0.5, 0.6) is 17.2 Å². The number of aliphatic hydroxyl groups is 1. The summed E-state index contributed by atoms with van der Waals surface area (Å²) in [5.74, 6) is 7.51. The maximum Gasteiger partial charge on any atom is 0.343 e. The zero-order chi connectivity index (χ0) is 33.9. The Labute approximate surface area is 281 Å². The predicted molar refractivity (Wildman–Crippen MR) is 188 cm³/mol. The number of hydrogen-bond acceptors (Lipinski definition) is 6. The summed E-state index contributed by atoms with van der Waals surface area (Å²) in [7, 11) is 0. The Morgan fingerprint density at radius 2 is 1.17 bits per heavy atom. The lowest BCUT2D eigenvalue weighted by Crippen LogP contribution is -2.17. The predicted octanol–water partition coefficient (Wildman–Crippen LogP) is 9.55. The average Bonchev–Trinajstić information content (AvgIpc) is 3.07. The standard InChI is InChI=1S/C41H52O6/c1-5-6-7-8-9-10-11-12-29-45-36-24-26-38(27-25-36)47-41(44)35-20-16-33(17-21-35)14-15-34-18-22-37(23-19-34)46-40(43)30-32(4)13-28-39(42)31(2)3/h16-27,31-32,39,42H,5-13,28-30H2,1-4H3/t32-,39+/m1/s1. The van der Waals surface area contributed by atoms with Gasteiger partial charge in [0.15, 0.2) is 0 Å². The molecule has 0 spiro atoms. The number of benzene rings is 3. The third-order valence-electron chi connectivity index (χ3n) is 8.10. The number of carbonyl (C=O) groups excluding carboxylic acids is 2. The Hall–Kier alpha value is -4.08. The fourth-order valence-corrected chi connectivity index (χ4v) is 4.98. The highest BCUT2D eigenvalue weighted by Crippen LogP contribution is 2.21. The highest BCUT2D eigenvalue weighted by molar-refractivity contribution is 5.91. The first kappa shape index (κ1) is 37.4. The monoisotopic (exact) mass is 640 g/mol. The van der Waals surface area contributed by atoms with Crippen molar-refractivity contribution in [3.05, 3.63) is 89.5 Å². The zero-order valence-electron chi connectivity index (χ0n) is 28.6. The van der Waals surface area contributed by atoms with Crippen LogP contribution in [0.4, 0.5) is 0 Å². The number of hydrogen-bond donors (Lipinski definition) is 1. The van der Waals surface area contributed by atoms with Crippen LogP contribution in [0.15, 0.2) is 72.8 Å². The van der Waals surface area contributed by atoms with E-state index in [-0.39, 0.29) is 23.9 Å². The molecule has 252 valence electrons. The normalized spacial score (nSPS) is 12.1. The minimum atomic E-state index is -0.440. The Balaban J connectivity index is 1.38. The van der Waals surface area contributed by atoms with Crippen molar-refractivity contribution >= 4 is 11.9 Å². The van der Waals surface area contributed by atoms with Crippen LogP contribution in [0.2, 0.25) is 0 Å². The van der Waals surface area contributed by atoms with Crippen molar-refractivity contribution in [2.45, 2.75) is 104 Å². The van der Waals surface area contributed by atoms with Crippen LogP contribution >= 0.6 is 0 Å². The Bertz CT molecular complexity index is 1400. The number of aliphatic hydroxyl groups excluding tert-OH is 1. The van der Waals surface area contributed by atoms with E-state index in [1.165, 1.54) is 44.9 Å². The molecule has 0 heterocycles. The van der Waals surface area contributed by atoms with E-state index in [2.05, 4.69) is 18.8 Å². The summed E-state index contributed by atoms with van der Waals surface area (Å²) in [5.41, 5.74) is 1.96. The molecule has 3 aromatic carbocycles. The second kappa shape index (κ2) is 20.9. The third kappa shape index (κ3) is 14.9. The van der Waals surface area contributed by atoms with E-state index in [0.29, 0.717) is 36.5 Å². The highest BCUT2D eigenvalue weighted by Gasteiger charge is 2.15. The van der Waals surface area contributed by atoms with Gasteiger partial charge in [-0.1, -0.05) is 84.5 Å². The van der Waals surface area contributed by atoms with Crippen molar-refractivity contribution in [3.63, 3.8) is 0 Å². The summed E-state index contributed by atoms with van der Waals surface area (Å²) in [6, 6.07) is 21.1. The number of unbranched alkanes of at least 4 members (excludes halogenated alkanes) is 7. The summed E-state index contributed by atoms with van der Waals surface area (Å²) in [5, 5.41) is 9.98. The molecule has 1 N–H and O–H groups in total. The number of ether oxygens (including phenoxy) is 3. The largest absolute Gasteiger partial charge is 0.494 e. The van der Waals surface area contributed by atoms with Crippen LogP contribution in [0.25, 0.3) is 0 Å². The van der Waals surface area contributed by atoms with Crippen LogP contribution in [-0.4, -0.2) is 29.8 Å². The molecule has 6 nitrogen and oxygen atoms in total. The van der Waals surface area contributed by atoms with Gasteiger partial charge in [0.05, 0.1) is 18.3 Å². The summed E-state index contributed by atoms with van der Waals surface area (Å²) in [6.45, 7) is 8.90. The van der Waals surface area contributed by atoms with Gasteiger partial charge in [-0.2, -0.15) is 0 Å². The van der Waals surface area contributed by atoms with Gasteiger partial charge in [0, 0.05) is 17.5 Å². The van der Waals surface area contributed by atoms with E-state index in [4.69, 9.17) is 14.2 Å². The van der Waals surface area contributed by atoms with E-state index >= 15 is 0 Å². The fourth-order valence-electron chi connectivity index (χ4n) is 4.98. The van der Waals surface area contributed by atoms with Crippen LogP contribution in [0.3, 0.4) is 0 Å².